The third-order valence-electron chi connectivity index (χ3n) is 5.09. The van der Waals surface area contributed by atoms with Gasteiger partial charge in [-0.25, -0.2) is 9.37 Å². The molecule has 3 N–H and O–H groups in total. The van der Waals surface area contributed by atoms with Gasteiger partial charge in [0.15, 0.2) is 0 Å². The fourth-order valence-corrected chi connectivity index (χ4v) is 3.65. The van der Waals surface area contributed by atoms with Crippen molar-refractivity contribution >= 4 is 11.7 Å². The number of nitrogens with one attached hydrogen (secondary N) is 1. The van der Waals surface area contributed by atoms with Gasteiger partial charge in [-0.1, -0.05) is 6.07 Å². The number of nitrogens with two attached hydrogens (primary N) is 1. The zero-order valence-corrected chi connectivity index (χ0v) is 15.8. The summed E-state index contributed by atoms with van der Waals surface area (Å²) in [5.41, 5.74) is 8.73. The molecule has 0 radical (unpaired) electrons. The Labute approximate surface area is 167 Å². The predicted octanol–water partition coefficient (Wildman–Crippen LogP) is 2.98. The van der Waals surface area contributed by atoms with Gasteiger partial charge in [0, 0.05) is 42.5 Å². The van der Waals surface area contributed by atoms with E-state index in [4.69, 9.17) is 10.5 Å². The zero-order valence-electron chi connectivity index (χ0n) is 15.8. The van der Waals surface area contributed by atoms with Crippen molar-refractivity contribution in [2.24, 2.45) is 0 Å². The number of halogens is 1. The fraction of sp³-hybridized carbons (Fsp3) is 0.286. The van der Waals surface area contributed by atoms with Crippen LogP contribution < -0.4 is 10.5 Å². The average molecular weight is 395 g/mol. The van der Waals surface area contributed by atoms with Gasteiger partial charge >= 0.3 is 0 Å². The lowest BCUT2D eigenvalue weighted by Gasteiger charge is -2.17. The second-order valence-corrected chi connectivity index (χ2v) is 7.05. The molecule has 7 nitrogen and oxygen atoms in total. The summed E-state index contributed by atoms with van der Waals surface area (Å²) in [6, 6.07) is 9.62. The molecule has 3 aromatic rings. The Balaban J connectivity index is 1.35. The summed E-state index contributed by atoms with van der Waals surface area (Å²) in [6.07, 6.45) is 4.55. The third-order valence-corrected chi connectivity index (χ3v) is 5.09. The Hall–Kier alpha value is -3.42. The Bertz CT molecular complexity index is 1010. The van der Waals surface area contributed by atoms with Crippen LogP contribution in [0.25, 0.3) is 11.1 Å². The van der Waals surface area contributed by atoms with E-state index in [1.807, 2.05) is 17.0 Å². The molecule has 0 saturated carbocycles. The van der Waals surface area contributed by atoms with Crippen molar-refractivity contribution < 1.29 is 13.9 Å². The van der Waals surface area contributed by atoms with Crippen LogP contribution in [0.1, 0.15) is 24.5 Å². The van der Waals surface area contributed by atoms with E-state index in [1.165, 1.54) is 12.1 Å². The quantitative estimate of drug-likeness (QED) is 0.669. The molecule has 1 aliphatic rings. The number of pyridine rings is 1. The zero-order chi connectivity index (χ0) is 20.2. The van der Waals surface area contributed by atoms with Crippen molar-refractivity contribution in [2.75, 3.05) is 25.4 Å². The maximum Gasteiger partial charge on any atom is 0.226 e. The minimum Gasteiger partial charge on any atom is -0.493 e. The number of aromatic amines is 1. The lowest BCUT2D eigenvalue weighted by Crippen LogP contribution is -2.29. The molecule has 0 bridgehead atoms. The summed E-state index contributed by atoms with van der Waals surface area (Å²) in [6.45, 7) is 1.52. The molecule has 0 unspecified atom stereocenters. The van der Waals surface area contributed by atoms with Gasteiger partial charge < -0.3 is 15.4 Å². The molecular weight excluding hydrogens is 373 g/mol. The van der Waals surface area contributed by atoms with Crippen molar-refractivity contribution in [1.29, 1.82) is 0 Å². The number of amides is 1. The molecule has 0 spiro atoms. The standard InChI is InChI=1S/C21H22FN5O2/c22-16-2-1-3-17(11-16)29-9-6-20(28)27-8-5-15(13-27)21-18(12-25-26-21)14-4-7-24-19(23)10-14/h1-4,7,10-12,15H,5-6,8-9,13H2,(H2,23,24)(H,25,26)/t15-/m1/s1. The van der Waals surface area contributed by atoms with Crippen LogP contribution in [-0.2, 0) is 4.79 Å². The van der Waals surface area contributed by atoms with Gasteiger partial charge in [-0.3, -0.25) is 9.89 Å². The summed E-state index contributed by atoms with van der Waals surface area (Å²) in [5, 5.41) is 7.28. The normalized spacial score (nSPS) is 16.2. The summed E-state index contributed by atoms with van der Waals surface area (Å²) in [5.74, 6) is 0.725. The first-order valence-corrected chi connectivity index (χ1v) is 9.51. The van der Waals surface area contributed by atoms with Crippen LogP contribution in [0.2, 0.25) is 0 Å². The number of likely N-dealkylation sites (tertiary alicyclic amines) is 1. The molecule has 2 aromatic heterocycles. The molecule has 3 heterocycles. The molecule has 150 valence electrons. The number of nitrogen functional groups attached to an aromatic ring is 1. The number of H-pyrrole nitrogens is 1. The number of nitrogens with zero attached hydrogens (tertiary/aromatic N) is 3. The van der Waals surface area contributed by atoms with Crippen LogP contribution in [0.15, 0.2) is 48.8 Å². The Morgan fingerprint density at radius 1 is 1.34 bits per heavy atom. The molecule has 1 amide bonds. The molecule has 29 heavy (non-hydrogen) atoms. The minimum absolute atomic E-state index is 0.0260. The van der Waals surface area contributed by atoms with Gasteiger partial charge in [0.2, 0.25) is 5.91 Å². The van der Waals surface area contributed by atoms with Gasteiger partial charge in [-0.2, -0.15) is 5.10 Å². The Morgan fingerprint density at radius 3 is 3.07 bits per heavy atom. The molecular formula is C21H22FN5O2. The first kappa shape index (κ1) is 18.9. The van der Waals surface area contributed by atoms with E-state index < -0.39 is 0 Å². The van der Waals surface area contributed by atoms with Gasteiger partial charge in [-0.05, 0) is 36.2 Å². The Morgan fingerprint density at radius 2 is 2.24 bits per heavy atom. The van der Waals surface area contributed by atoms with E-state index >= 15 is 0 Å². The number of ether oxygens (including phenoxy) is 1. The summed E-state index contributed by atoms with van der Waals surface area (Å²) in [7, 11) is 0. The van der Waals surface area contributed by atoms with Crippen molar-refractivity contribution in [1.82, 2.24) is 20.1 Å². The highest BCUT2D eigenvalue weighted by molar-refractivity contribution is 5.77. The average Bonchev–Trinajstić information content (AvgIpc) is 3.37. The van der Waals surface area contributed by atoms with Crippen LogP contribution in [0, 0.1) is 5.82 Å². The number of hydrogen-bond acceptors (Lipinski definition) is 5. The first-order chi connectivity index (χ1) is 14.1. The summed E-state index contributed by atoms with van der Waals surface area (Å²) in [4.78, 5) is 18.4. The minimum atomic E-state index is -0.359. The molecule has 1 atom stereocenters. The van der Waals surface area contributed by atoms with E-state index in [9.17, 15) is 9.18 Å². The monoisotopic (exact) mass is 395 g/mol. The predicted molar refractivity (Wildman–Crippen MR) is 107 cm³/mol. The van der Waals surface area contributed by atoms with Gasteiger partial charge in [0.1, 0.15) is 17.4 Å². The van der Waals surface area contributed by atoms with Crippen molar-refractivity contribution in [3.8, 4) is 16.9 Å². The highest BCUT2D eigenvalue weighted by Crippen LogP contribution is 2.33. The SMILES string of the molecule is Nc1cc(-c2cn[nH]c2[C@@H]2CCN(C(=O)CCOc3cccc(F)c3)C2)ccn1. The molecule has 0 aliphatic carbocycles. The van der Waals surface area contributed by atoms with E-state index in [0.717, 1.165) is 23.2 Å². The van der Waals surface area contributed by atoms with Gasteiger partial charge in [0.05, 0.1) is 19.2 Å². The molecule has 1 aliphatic heterocycles. The number of anilines is 1. The van der Waals surface area contributed by atoms with Crippen LogP contribution in [-0.4, -0.2) is 45.7 Å². The van der Waals surface area contributed by atoms with Crippen molar-refractivity contribution in [3.63, 3.8) is 0 Å². The molecule has 4 rings (SSSR count). The molecule has 8 heteroatoms. The third kappa shape index (κ3) is 4.37. The van der Waals surface area contributed by atoms with Crippen LogP contribution in [0.4, 0.5) is 10.2 Å². The highest BCUT2D eigenvalue weighted by atomic mass is 19.1. The van der Waals surface area contributed by atoms with Crippen molar-refractivity contribution in [3.05, 3.63) is 60.3 Å². The first-order valence-electron chi connectivity index (χ1n) is 9.51. The highest BCUT2D eigenvalue weighted by Gasteiger charge is 2.30. The van der Waals surface area contributed by atoms with Crippen LogP contribution in [0.3, 0.4) is 0 Å². The van der Waals surface area contributed by atoms with Gasteiger partial charge in [-0.15, -0.1) is 0 Å². The van der Waals surface area contributed by atoms with Crippen molar-refractivity contribution in [2.45, 2.75) is 18.8 Å². The number of hydrogen-bond donors (Lipinski definition) is 2. The number of rotatable bonds is 6. The number of benzene rings is 1. The van der Waals surface area contributed by atoms with E-state index in [2.05, 4.69) is 15.2 Å². The molecule has 1 saturated heterocycles. The maximum absolute atomic E-state index is 13.2. The Kier molecular flexibility index (Phi) is 5.41. The summed E-state index contributed by atoms with van der Waals surface area (Å²) >= 11 is 0. The number of carbonyl (C=O) groups excluding carboxylic acids is 1. The second kappa shape index (κ2) is 8.30. The largest absolute Gasteiger partial charge is 0.493 e. The number of carbonyl (C=O) groups is 1. The van der Waals surface area contributed by atoms with E-state index in [1.54, 1.807) is 24.5 Å². The van der Waals surface area contributed by atoms with E-state index in [-0.39, 0.29) is 30.7 Å². The smallest absolute Gasteiger partial charge is 0.226 e. The number of aromatic nitrogens is 3. The van der Waals surface area contributed by atoms with Gasteiger partial charge in [0.25, 0.3) is 0 Å². The van der Waals surface area contributed by atoms with Crippen LogP contribution >= 0.6 is 0 Å². The fourth-order valence-electron chi connectivity index (χ4n) is 3.65. The molecule has 1 fully saturated rings. The second-order valence-electron chi connectivity index (χ2n) is 7.05. The lowest BCUT2D eigenvalue weighted by atomic mass is 9.97. The molecule has 1 aromatic carbocycles. The lowest BCUT2D eigenvalue weighted by molar-refractivity contribution is -0.130. The van der Waals surface area contributed by atoms with Crippen LogP contribution in [0.5, 0.6) is 5.75 Å². The topological polar surface area (TPSA) is 97.1 Å². The summed E-state index contributed by atoms with van der Waals surface area (Å²) < 4.78 is 18.7. The van der Waals surface area contributed by atoms with E-state index in [0.29, 0.717) is 24.7 Å². The maximum atomic E-state index is 13.2.